The molecule has 1 aromatic heterocycles. The fourth-order valence-electron chi connectivity index (χ4n) is 7.05. The van der Waals surface area contributed by atoms with E-state index >= 15 is 0 Å². The Labute approximate surface area is 315 Å². The molecule has 0 spiro atoms. The molecule has 244 valence electrons. The van der Waals surface area contributed by atoms with Crippen molar-refractivity contribution in [3.63, 3.8) is 0 Å². The van der Waals surface area contributed by atoms with Crippen molar-refractivity contribution < 1.29 is 16.8 Å². The van der Waals surface area contributed by atoms with Gasteiger partial charge in [0, 0.05) is 22.1 Å². The summed E-state index contributed by atoms with van der Waals surface area (Å²) in [6, 6.07) is 43.0. The average molecular weight is 673 g/mol. The van der Waals surface area contributed by atoms with Crippen LogP contribution in [0.15, 0.2) is 204 Å². The normalized spacial score (nSPS) is 13.9. The molecule has 0 radical (unpaired) electrons. The van der Waals surface area contributed by atoms with E-state index in [9.17, 15) is 5.48 Å². The molecule has 0 aliphatic carbocycles. The summed E-state index contributed by atoms with van der Waals surface area (Å²) >= 11 is 0. The first kappa shape index (κ1) is 22.0. The summed E-state index contributed by atoms with van der Waals surface area (Å²) in [4.78, 5) is 1.69. The van der Waals surface area contributed by atoms with Gasteiger partial charge in [-0.1, -0.05) is 151 Å². The van der Waals surface area contributed by atoms with E-state index in [0.29, 0.717) is 27.9 Å². The summed E-state index contributed by atoms with van der Waals surface area (Å²) < 4.78 is 85.9. The zero-order valence-corrected chi connectivity index (χ0v) is 27.7. The Morgan fingerprint density at radius 3 is 1.79 bits per heavy atom. The molecule has 10 aromatic rings. The number of benzene rings is 9. The third-order valence-electron chi connectivity index (χ3n) is 9.62. The molecular formula is C50H33NO. The topological polar surface area (TPSA) is 16.4 Å². The molecule has 0 unspecified atom stereocenters. The lowest BCUT2D eigenvalue weighted by Crippen LogP contribution is -2.10. The van der Waals surface area contributed by atoms with E-state index in [1.54, 1.807) is 4.90 Å². The van der Waals surface area contributed by atoms with Gasteiger partial charge in [-0.15, -0.1) is 0 Å². The Balaban J connectivity index is 1.15. The Morgan fingerprint density at radius 2 is 1.02 bits per heavy atom. The summed E-state index contributed by atoms with van der Waals surface area (Å²) in [6.45, 7) is 0. The number of anilines is 3. The molecule has 9 aromatic carbocycles. The zero-order valence-electron chi connectivity index (χ0n) is 36.7. The van der Waals surface area contributed by atoms with Crippen LogP contribution in [0.25, 0.3) is 76.9 Å². The van der Waals surface area contributed by atoms with Gasteiger partial charge in [-0.05, 0) is 98.0 Å². The molecule has 0 saturated heterocycles. The Kier molecular flexibility index (Phi) is 5.28. The monoisotopic (exact) mass is 672 g/mol. The molecule has 0 fully saturated rings. The van der Waals surface area contributed by atoms with Crippen LogP contribution in [0.3, 0.4) is 0 Å². The predicted octanol–water partition coefficient (Wildman–Crippen LogP) is 14.4. The highest BCUT2D eigenvalue weighted by atomic mass is 16.3. The van der Waals surface area contributed by atoms with E-state index in [-0.39, 0.29) is 11.3 Å². The number of rotatable bonds is 6. The summed E-state index contributed by atoms with van der Waals surface area (Å²) in [7, 11) is 0. The number of fused-ring (bicyclic) bond motifs is 6. The fourth-order valence-corrected chi connectivity index (χ4v) is 7.05. The molecule has 1 heterocycles. The van der Waals surface area contributed by atoms with Crippen molar-refractivity contribution in [3.8, 4) is 33.4 Å². The van der Waals surface area contributed by atoms with Gasteiger partial charge < -0.3 is 9.32 Å². The molecule has 0 saturated carbocycles. The second kappa shape index (κ2) is 12.5. The van der Waals surface area contributed by atoms with E-state index in [1.807, 2.05) is 91.0 Å². The quantitative estimate of drug-likeness (QED) is 0.175. The van der Waals surface area contributed by atoms with Crippen molar-refractivity contribution in [1.29, 1.82) is 0 Å². The number of hydrogen-bond donors (Lipinski definition) is 0. The Morgan fingerprint density at radius 1 is 0.404 bits per heavy atom. The van der Waals surface area contributed by atoms with Crippen LogP contribution in [0.4, 0.5) is 17.1 Å². The van der Waals surface area contributed by atoms with E-state index in [2.05, 4.69) is 54.6 Å². The minimum atomic E-state index is -0.631. The molecule has 0 bridgehead atoms. The van der Waals surface area contributed by atoms with Crippen molar-refractivity contribution in [2.45, 2.75) is 0 Å². The summed E-state index contributed by atoms with van der Waals surface area (Å²) in [5.74, 6) is 0. The maximum atomic E-state index is 9.49. The lowest BCUT2D eigenvalue weighted by atomic mass is 9.98. The molecule has 0 N–H and O–H groups in total. The van der Waals surface area contributed by atoms with Crippen LogP contribution in [0.5, 0.6) is 0 Å². The maximum Gasteiger partial charge on any atom is 0.143 e. The second-order valence-electron chi connectivity index (χ2n) is 12.7. The van der Waals surface area contributed by atoms with Crippen molar-refractivity contribution in [2.24, 2.45) is 0 Å². The number of nitrogens with zero attached hydrogens (tertiary/aromatic N) is 1. The molecule has 0 atom stereocenters. The molecule has 0 amide bonds. The zero-order chi connectivity index (χ0) is 42.3. The van der Waals surface area contributed by atoms with Gasteiger partial charge in [-0.25, -0.2) is 0 Å². The molecule has 10 rings (SSSR count). The highest BCUT2D eigenvalue weighted by Crippen LogP contribution is 2.45. The van der Waals surface area contributed by atoms with Crippen LogP contribution in [-0.2, 0) is 0 Å². The fraction of sp³-hybridized carbons (Fsp3) is 0. The first-order valence-electron chi connectivity index (χ1n) is 21.5. The average Bonchev–Trinajstić information content (AvgIpc) is 3.69. The van der Waals surface area contributed by atoms with Gasteiger partial charge in [-0.3, -0.25) is 0 Å². The lowest BCUT2D eigenvalue weighted by molar-refractivity contribution is 0.672. The third-order valence-corrected chi connectivity index (χ3v) is 9.62. The lowest BCUT2D eigenvalue weighted by Gasteiger charge is -2.26. The molecule has 52 heavy (non-hydrogen) atoms. The highest BCUT2D eigenvalue weighted by Gasteiger charge is 2.20. The summed E-state index contributed by atoms with van der Waals surface area (Å²) in [6.07, 6.45) is 0. The smallest absolute Gasteiger partial charge is 0.143 e. The van der Waals surface area contributed by atoms with Gasteiger partial charge in [0.2, 0.25) is 0 Å². The largest absolute Gasteiger partial charge is 0.455 e. The minimum absolute atomic E-state index is 0.0822. The molecule has 0 aliphatic heterocycles. The van der Waals surface area contributed by atoms with Crippen molar-refractivity contribution in [2.75, 3.05) is 4.90 Å². The second-order valence-corrected chi connectivity index (χ2v) is 12.7. The van der Waals surface area contributed by atoms with Gasteiger partial charge >= 0.3 is 0 Å². The summed E-state index contributed by atoms with van der Waals surface area (Å²) in [5.41, 5.74) is 5.54. The maximum absolute atomic E-state index is 9.49. The summed E-state index contributed by atoms with van der Waals surface area (Å²) in [5, 5.41) is 5.75. The van der Waals surface area contributed by atoms with E-state index in [1.165, 1.54) is 10.8 Å². The van der Waals surface area contributed by atoms with Crippen molar-refractivity contribution in [1.82, 2.24) is 0 Å². The van der Waals surface area contributed by atoms with Crippen LogP contribution >= 0.6 is 0 Å². The number of hydrogen-bond acceptors (Lipinski definition) is 2. The third kappa shape index (κ3) is 5.21. The van der Waals surface area contributed by atoms with E-state index in [4.69, 9.17) is 11.3 Å². The van der Waals surface area contributed by atoms with Crippen LogP contribution in [0.2, 0.25) is 0 Å². The van der Waals surface area contributed by atoms with Crippen molar-refractivity contribution in [3.05, 3.63) is 200 Å². The standard InChI is InChI=1S/C50H33NO/c1-2-9-34(10-3-1)37-23-28-43(29-24-37)51(47-15-8-16-48-49(47)46-32-27-40-12-6-7-14-45(40)50(46)52-48)44-30-25-38(26-31-44)36-17-19-39(20-18-36)42-22-21-35-11-4-5-13-41(35)33-42/h1-33H/i1D,2D,3D,9D,10D,23D,24D,28D,29D. The minimum Gasteiger partial charge on any atom is -0.455 e. The van der Waals surface area contributed by atoms with Crippen molar-refractivity contribution >= 4 is 60.5 Å². The van der Waals surface area contributed by atoms with Crippen LogP contribution < -0.4 is 4.90 Å². The van der Waals surface area contributed by atoms with Crippen LogP contribution in [0.1, 0.15) is 12.3 Å². The Bertz CT molecular complexity index is 3360. The van der Waals surface area contributed by atoms with E-state index in [0.717, 1.165) is 38.4 Å². The van der Waals surface area contributed by atoms with Gasteiger partial charge in [0.15, 0.2) is 0 Å². The predicted molar refractivity (Wildman–Crippen MR) is 220 cm³/mol. The number of furan rings is 1. The SMILES string of the molecule is [2H]c1c([2H])c([2H])c(-c2c([2H])c([2H])c(N(c3ccc(-c4ccc(-c5ccc6ccccc6c5)cc4)cc3)c3cccc4oc5c6ccccc6ccc5c34)c([2H])c2[2H])c([2H])c1[2H]. The van der Waals surface area contributed by atoms with Gasteiger partial charge in [0.05, 0.1) is 23.4 Å². The first-order chi connectivity index (χ1) is 29.5. The Hall–Kier alpha value is -6.90. The van der Waals surface area contributed by atoms with Gasteiger partial charge in [-0.2, -0.15) is 0 Å². The molecule has 2 heteroatoms. The molecular weight excluding hydrogens is 631 g/mol. The molecule has 2 nitrogen and oxygen atoms in total. The van der Waals surface area contributed by atoms with Gasteiger partial charge in [0.25, 0.3) is 0 Å². The highest BCUT2D eigenvalue weighted by molar-refractivity contribution is 6.19. The van der Waals surface area contributed by atoms with Gasteiger partial charge in [0.1, 0.15) is 11.2 Å². The first-order valence-corrected chi connectivity index (χ1v) is 17.0. The van der Waals surface area contributed by atoms with Crippen LogP contribution in [-0.4, -0.2) is 0 Å². The van der Waals surface area contributed by atoms with Crippen LogP contribution in [0, 0.1) is 0 Å². The van der Waals surface area contributed by atoms with E-state index < -0.39 is 59.9 Å². The molecule has 0 aliphatic rings.